The number of carboxylic acid groups (broad SMARTS) is 1. The molecule has 2 atom stereocenters. The molecular weight excluding hydrogens is 390 g/mol. The van der Waals surface area contributed by atoms with Gasteiger partial charge in [0.15, 0.2) is 0 Å². The van der Waals surface area contributed by atoms with Crippen molar-refractivity contribution in [1.29, 1.82) is 0 Å². The molecule has 0 radical (unpaired) electrons. The predicted octanol–water partition coefficient (Wildman–Crippen LogP) is 4.71. The number of rotatable bonds is 5. The highest BCUT2D eigenvalue weighted by atomic mass is 16.5. The summed E-state index contributed by atoms with van der Waals surface area (Å²) in [5.41, 5.74) is 6.69. The average Bonchev–Trinajstić information content (AvgIpc) is 3.35. The lowest BCUT2D eigenvalue weighted by Crippen LogP contribution is -2.45. The number of amides is 1. The monoisotopic (exact) mass is 413 g/mol. The Morgan fingerprint density at radius 1 is 0.903 bits per heavy atom. The second kappa shape index (κ2) is 7.91. The van der Waals surface area contributed by atoms with Gasteiger partial charge in [0, 0.05) is 11.8 Å². The van der Waals surface area contributed by atoms with Gasteiger partial charge in [0.05, 0.1) is 0 Å². The lowest BCUT2D eigenvalue weighted by molar-refractivity contribution is -0.140. The Morgan fingerprint density at radius 3 is 2.13 bits per heavy atom. The van der Waals surface area contributed by atoms with Crippen molar-refractivity contribution in [1.82, 2.24) is 5.32 Å². The maximum absolute atomic E-state index is 12.6. The van der Waals surface area contributed by atoms with Crippen molar-refractivity contribution >= 4 is 12.1 Å². The topological polar surface area (TPSA) is 75.6 Å². The normalized spacial score (nSPS) is 17.4. The molecule has 5 rings (SSSR count). The molecule has 0 aliphatic heterocycles. The minimum absolute atomic E-state index is 0.0614. The maximum Gasteiger partial charge on any atom is 0.407 e. The second-order valence-corrected chi connectivity index (χ2v) is 8.13. The van der Waals surface area contributed by atoms with Crippen molar-refractivity contribution in [2.45, 2.75) is 30.7 Å². The van der Waals surface area contributed by atoms with Crippen molar-refractivity contribution < 1.29 is 19.4 Å². The third kappa shape index (κ3) is 3.46. The van der Waals surface area contributed by atoms with E-state index in [1.54, 1.807) is 0 Å². The SMILES string of the molecule is O=C(N[C@H](C(=O)O)[C@H]1CCc2ccccc21)OCC1c2ccccc2-c2ccccc21. The summed E-state index contributed by atoms with van der Waals surface area (Å²) < 4.78 is 5.55. The Kier molecular flexibility index (Phi) is 4.94. The smallest absolute Gasteiger partial charge is 0.407 e. The third-order valence-electron chi connectivity index (χ3n) is 6.46. The lowest BCUT2D eigenvalue weighted by atomic mass is 9.93. The van der Waals surface area contributed by atoms with Crippen LogP contribution in [0.3, 0.4) is 0 Å². The van der Waals surface area contributed by atoms with Crippen LogP contribution in [0, 0.1) is 0 Å². The zero-order chi connectivity index (χ0) is 21.4. The molecule has 0 saturated carbocycles. The number of alkyl carbamates (subject to hydrolysis) is 1. The van der Waals surface area contributed by atoms with Crippen molar-refractivity contribution in [2.75, 3.05) is 6.61 Å². The summed E-state index contributed by atoms with van der Waals surface area (Å²) in [5.74, 6) is -1.36. The molecule has 0 aromatic heterocycles. The summed E-state index contributed by atoms with van der Waals surface area (Å²) in [5, 5.41) is 12.4. The number of aryl methyl sites for hydroxylation is 1. The van der Waals surface area contributed by atoms with Crippen LogP contribution in [0.5, 0.6) is 0 Å². The van der Waals surface area contributed by atoms with Gasteiger partial charge in [-0.1, -0.05) is 72.8 Å². The summed E-state index contributed by atoms with van der Waals surface area (Å²) >= 11 is 0. The fraction of sp³-hybridized carbons (Fsp3) is 0.231. The number of hydrogen-bond acceptors (Lipinski definition) is 3. The van der Waals surface area contributed by atoms with Crippen LogP contribution in [0.2, 0.25) is 0 Å². The van der Waals surface area contributed by atoms with Crippen molar-refractivity contribution in [3.8, 4) is 11.1 Å². The van der Waals surface area contributed by atoms with E-state index in [9.17, 15) is 14.7 Å². The van der Waals surface area contributed by atoms with Gasteiger partial charge in [-0.25, -0.2) is 9.59 Å². The molecule has 0 spiro atoms. The van der Waals surface area contributed by atoms with Gasteiger partial charge in [-0.05, 0) is 46.2 Å². The molecule has 3 aromatic rings. The number of benzene rings is 3. The molecular formula is C26H23NO4. The fourth-order valence-electron chi connectivity index (χ4n) is 5.04. The van der Waals surface area contributed by atoms with Crippen LogP contribution < -0.4 is 5.32 Å². The van der Waals surface area contributed by atoms with Crippen molar-refractivity contribution in [3.05, 3.63) is 95.1 Å². The molecule has 0 bridgehead atoms. The minimum atomic E-state index is -1.05. The van der Waals surface area contributed by atoms with E-state index in [1.165, 1.54) is 0 Å². The number of carbonyl (C=O) groups is 2. The number of ether oxygens (including phenoxy) is 1. The first-order chi connectivity index (χ1) is 15.1. The van der Waals surface area contributed by atoms with Gasteiger partial charge in [0.2, 0.25) is 0 Å². The van der Waals surface area contributed by atoms with Gasteiger partial charge in [0.25, 0.3) is 0 Å². The van der Waals surface area contributed by atoms with Crippen molar-refractivity contribution in [3.63, 3.8) is 0 Å². The summed E-state index contributed by atoms with van der Waals surface area (Å²) in [6.07, 6.45) is 0.815. The summed E-state index contributed by atoms with van der Waals surface area (Å²) in [6.45, 7) is 0.160. The Morgan fingerprint density at radius 2 is 1.48 bits per heavy atom. The number of carbonyl (C=O) groups excluding carboxylic acids is 1. The highest BCUT2D eigenvalue weighted by Gasteiger charge is 2.36. The van der Waals surface area contributed by atoms with Crippen LogP contribution in [0.4, 0.5) is 4.79 Å². The number of aliphatic carboxylic acids is 1. The van der Waals surface area contributed by atoms with E-state index in [2.05, 4.69) is 29.6 Å². The van der Waals surface area contributed by atoms with Crippen LogP contribution in [-0.2, 0) is 16.0 Å². The van der Waals surface area contributed by atoms with Gasteiger partial charge >= 0.3 is 12.1 Å². The molecule has 0 saturated heterocycles. The van der Waals surface area contributed by atoms with Gasteiger partial charge in [0.1, 0.15) is 12.6 Å². The third-order valence-corrected chi connectivity index (χ3v) is 6.46. The fourth-order valence-corrected chi connectivity index (χ4v) is 5.04. The zero-order valence-electron chi connectivity index (χ0n) is 17.0. The first-order valence-corrected chi connectivity index (χ1v) is 10.6. The first kappa shape index (κ1) is 19.4. The molecule has 0 fully saturated rings. The molecule has 5 nitrogen and oxygen atoms in total. The summed E-state index contributed by atoms with van der Waals surface area (Å²) in [4.78, 5) is 24.6. The lowest BCUT2D eigenvalue weighted by Gasteiger charge is -2.22. The summed E-state index contributed by atoms with van der Waals surface area (Å²) in [7, 11) is 0. The highest BCUT2D eigenvalue weighted by molar-refractivity contribution is 5.82. The molecule has 5 heteroatoms. The Hall–Kier alpha value is -3.60. The van der Waals surface area contributed by atoms with E-state index in [-0.39, 0.29) is 18.4 Å². The molecule has 1 amide bonds. The van der Waals surface area contributed by atoms with E-state index >= 15 is 0 Å². The Labute approximate surface area is 180 Å². The van der Waals surface area contributed by atoms with Gasteiger partial charge in [-0.15, -0.1) is 0 Å². The van der Waals surface area contributed by atoms with E-state index in [0.717, 1.165) is 39.8 Å². The molecule has 31 heavy (non-hydrogen) atoms. The molecule has 0 heterocycles. The van der Waals surface area contributed by atoms with Crippen LogP contribution in [0.15, 0.2) is 72.8 Å². The van der Waals surface area contributed by atoms with Crippen LogP contribution in [0.25, 0.3) is 11.1 Å². The van der Waals surface area contributed by atoms with Gasteiger partial charge in [-0.3, -0.25) is 0 Å². The van der Waals surface area contributed by atoms with Gasteiger partial charge in [-0.2, -0.15) is 0 Å². The number of hydrogen-bond donors (Lipinski definition) is 2. The van der Waals surface area contributed by atoms with E-state index < -0.39 is 18.1 Å². The molecule has 156 valence electrons. The number of fused-ring (bicyclic) bond motifs is 4. The van der Waals surface area contributed by atoms with Crippen LogP contribution >= 0.6 is 0 Å². The molecule has 2 aliphatic rings. The van der Waals surface area contributed by atoms with Crippen LogP contribution in [0.1, 0.15) is 40.5 Å². The Bertz CT molecular complexity index is 1110. The van der Waals surface area contributed by atoms with E-state index in [4.69, 9.17) is 4.74 Å². The van der Waals surface area contributed by atoms with E-state index in [0.29, 0.717) is 6.42 Å². The quantitative estimate of drug-likeness (QED) is 0.635. The van der Waals surface area contributed by atoms with Crippen molar-refractivity contribution in [2.24, 2.45) is 0 Å². The molecule has 0 unspecified atom stereocenters. The number of carboxylic acids is 1. The largest absolute Gasteiger partial charge is 0.480 e. The standard InChI is InChI=1S/C26H23NO4/c28-25(29)24(22-14-13-16-7-1-2-8-17(16)22)27-26(30)31-15-23-20-11-5-3-9-18(20)19-10-4-6-12-21(19)23/h1-12,22-24H,13-15H2,(H,27,30)(H,28,29)/t22-,24-/m0/s1. The molecule has 3 aromatic carbocycles. The first-order valence-electron chi connectivity index (χ1n) is 10.6. The maximum atomic E-state index is 12.6. The summed E-state index contributed by atoms with van der Waals surface area (Å²) in [6, 6.07) is 23.0. The zero-order valence-corrected chi connectivity index (χ0v) is 17.0. The van der Waals surface area contributed by atoms with E-state index in [1.807, 2.05) is 48.5 Å². The second-order valence-electron chi connectivity index (χ2n) is 8.13. The Balaban J connectivity index is 1.30. The molecule has 2 N–H and O–H groups in total. The minimum Gasteiger partial charge on any atom is -0.480 e. The molecule has 2 aliphatic carbocycles. The average molecular weight is 413 g/mol. The van der Waals surface area contributed by atoms with Gasteiger partial charge < -0.3 is 15.2 Å². The predicted molar refractivity (Wildman–Crippen MR) is 117 cm³/mol. The number of nitrogens with one attached hydrogen (secondary N) is 1. The highest BCUT2D eigenvalue weighted by Crippen LogP contribution is 2.44. The van der Waals surface area contributed by atoms with Crippen LogP contribution in [-0.4, -0.2) is 29.8 Å².